The van der Waals surface area contributed by atoms with E-state index in [4.69, 9.17) is 0 Å². The van der Waals surface area contributed by atoms with Crippen LogP contribution >= 0.6 is 0 Å². The summed E-state index contributed by atoms with van der Waals surface area (Å²) in [5, 5.41) is 7.32. The third kappa shape index (κ3) is 1.18. The lowest BCUT2D eigenvalue weighted by molar-refractivity contribution is 0.622. The molecule has 1 heterocycles. The third-order valence-corrected chi connectivity index (χ3v) is 1.44. The van der Waals surface area contributed by atoms with Gasteiger partial charge in [0.2, 0.25) is 0 Å². The molecule has 0 N–H and O–H groups in total. The molecule has 1 radical (unpaired) electrons. The fourth-order valence-electron chi connectivity index (χ4n) is 0.915. The summed E-state index contributed by atoms with van der Waals surface area (Å²) in [6, 6.07) is 6.96. The first-order chi connectivity index (χ1) is 5.86. The van der Waals surface area contributed by atoms with Crippen LogP contribution in [0, 0.1) is 11.9 Å². The van der Waals surface area contributed by atoms with Gasteiger partial charge in [0.15, 0.2) is 0 Å². The van der Waals surface area contributed by atoms with Crippen LogP contribution in [-0.4, -0.2) is 15.0 Å². The van der Waals surface area contributed by atoms with E-state index in [1.54, 1.807) is 12.3 Å². The predicted molar refractivity (Wildman–Crippen MR) is 40.2 cm³/mol. The van der Waals surface area contributed by atoms with E-state index < -0.39 is 5.82 Å². The van der Waals surface area contributed by atoms with E-state index in [2.05, 4.69) is 16.4 Å². The van der Waals surface area contributed by atoms with E-state index >= 15 is 0 Å². The molecule has 0 aliphatic carbocycles. The first-order valence-electron chi connectivity index (χ1n) is 3.40. The zero-order chi connectivity index (χ0) is 8.39. The van der Waals surface area contributed by atoms with E-state index in [9.17, 15) is 4.39 Å². The molecule has 0 aliphatic heterocycles. The third-order valence-electron chi connectivity index (χ3n) is 1.44. The molecule has 3 nitrogen and oxygen atoms in total. The van der Waals surface area contributed by atoms with Gasteiger partial charge in [0, 0.05) is 12.1 Å². The summed E-state index contributed by atoms with van der Waals surface area (Å²) in [6.07, 6.45) is 3.18. The minimum absolute atomic E-state index is 0.400. The molecular weight excluding hydrogens is 157 g/mol. The highest BCUT2D eigenvalue weighted by molar-refractivity contribution is 5.29. The molecule has 59 valence electrons. The molecule has 0 unspecified atom stereocenters. The lowest BCUT2D eigenvalue weighted by atomic mass is 10.3. The smallest absolute Gasteiger partial charge is 0.133 e. The molecule has 0 spiro atoms. The number of nitrogens with zero attached hydrogens (tertiary/aromatic N) is 3. The van der Waals surface area contributed by atoms with Crippen molar-refractivity contribution in [3.05, 3.63) is 42.5 Å². The average molecular weight is 162 g/mol. The molecule has 0 amide bonds. The van der Waals surface area contributed by atoms with Crippen LogP contribution in [0.5, 0.6) is 0 Å². The second-order valence-corrected chi connectivity index (χ2v) is 2.24. The molecular formula is C8H5FN3. The summed E-state index contributed by atoms with van der Waals surface area (Å²) in [6.45, 7) is 0. The van der Waals surface area contributed by atoms with Gasteiger partial charge in [-0.05, 0) is 12.1 Å². The van der Waals surface area contributed by atoms with Gasteiger partial charge < -0.3 is 0 Å². The topological polar surface area (TPSA) is 30.7 Å². The van der Waals surface area contributed by atoms with Crippen LogP contribution in [0.1, 0.15) is 0 Å². The van der Waals surface area contributed by atoms with E-state index in [0.717, 1.165) is 0 Å². The first-order valence-corrected chi connectivity index (χ1v) is 3.40. The summed E-state index contributed by atoms with van der Waals surface area (Å²) >= 11 is 0. The SMILES string of the molecule is Fc1[c]ccc(-n2ccnn2)c1. The number of rotatable bonds is 1. The van der Waals surface area contributed by atoms with Gasteiger partial charge in [-0.2, -0.15) is 0 Å². The van der Waals surface area contributed by atoms with Crippen LogP contribution in [-0.2, 0) is 0 Å². The Kier molecular flexibility index (Phi) is 1.59. The minimum atomic E-state index is -0.400. The quantitative estimate of drug-likeness (QED) is 0.630. The Morgan fingerprint density at radius 1 is 1.50 bits per heavy atom. The van der Waals surface area contributed by atoms with Crippen molar-refractivity contribution >= 4 is 0 Å². The Balaban J connectivity index is 2.48. The summed E-state index contributed by atoms with van der Waals surface area (Å²) in [5.74, 6) is -0.400. The van der Waals surface area contributed by atoms with Crippen LogP contribution in [0.2, 0.25) is 0 Å². The molecule has 12 heavy (non-hydrogen) atoms. The van der Waals surface area contributed by atoms with Crippen LogP contribution in [0.4, 0.5) is 4.39 Å². The lowest BCUT2D eigenvalue weighted by Gasteiger charge is -1.97. The zero-order valence-corrected chi connectivity index (χ0v) is 6.11. The van der Waals surface area contributed by atoms with Gasteiger partial charge in [-0.1, -0.05) is 5.21 Å². The van der Waals surface area contributed by atoms with Crippen molar-refractivity contribution in [1.82, 2.24) is 15.0 Å². The molecule has 0 saturated carbocycles. The Morgan fingerprint density at radius 2 is 2.42 bits per heavy atom. The molecule has 0 aliphatic rings. The van der Waals surface area contributed by atoms with Crippen LogP contribution in [0.3, 0.4) is 0 Å². The molecule has 1 aromatic heterocycles. The van der Waals surface area contributed by atoms with Gasteiger partial charge >= 0.3 is 0 Å². The van der Waals surface area contributed by atoms with Gasteiger partial charge in [-0.25, -0.2) is 9.07 Å². The molecule has 4 heteroatoms. The molecule has 0 saturated heterocycles. The number of hydrogen-bond acceptors (Lipinski definition) is 2. The highest BCUT2D eigenvalue weighted by Gasteiger charge is 1.97. The van der Waals surface area contributed by atoms with Crippen molar-refractivity contribution in [3.8, 4) is 5.69 Å². The highest BCUT2D eigenvalue weighted by Crippen LogP contribution is 2.06. The van der Waals surface area contributed by atoms with E-state index in [-0.39, 0.29) is 0 Å². The van der Waals surface area contributed by atoms with Gasteiger partial charge in [0.05, 0.1) is 18.1 Å². The van der Waals surface area contributed by atoms with Crippen LogP contribution in [0.15, 0.2) is 30.6 Å². The second-order valence-electron chi connectivity index (χ2n) is 2.24. The summed E-state index contributed by atoms with van der Waals surface area (Å²) in [4.78, 5) is 0. The molecule has 2 aromatic rings. The van der Waals surface area contributed by atoms with Crippen molar-refractivity contribution in [1.29, 1.82) is 0 Å². The minimum Gasteiger partial charge on any atom is -0.221 e. The fourth-order valence-corrected chi connectivity index (χ4v) is 0.915. The first kappa shape index (κ1) is 6.97. The fraction of sp³-hybridized carbons (Fsp3) is 0. The number of aromatic nitrogens is 3. The molecule has 0 fully saturated rings. The number of benzene rings is 1. The maximum Gasteiger partial charge on any atom is 0.133 e. The number of halogens is 1. The predicted octanol–water partition coefficient (Wildman–Crippen LogP) is 1.21. The molecule has 0 bridgehead atoms. The molecule has 0 atom stereocenters. The Labute approximate surface area is 68.4 Å². The van der Waals surface area contributed by atoms with Crippen LogP contribution < -0.4 is 0 Å². The number of hydrogen-bond donors (Lipinski definition) is 0. The Morgan fingerprint density at radius 3 is 3.08 bits per heavy atom. The molecule has 2 rings (SSSR count). The summed E-state index contributed by atoms with van der Waals surface area (Å²) in [5.41, 5.74) is 0.642. The van der Waals surface area contributed by atoms with Crippen molar-refractivity contribution in [2.24, 2.45) is 0 Å². The average Bonchev–Trinajstić information content (AvgIpc) is 2.56. The van der Waals surface area contributed by atoms with Crippen molar-refractivity contribution in [2.45, 2.75) is 0 Å². The van der Waals surface area contributed by atoms with Crippen molar-refractivity contribution < 1.29 is 4.39 Å². The Hall–Kier alpha value is -1.71. The normalized spacial score (nSPS) is 10.1. The standard InChI is InChI=1S/C8H5FN3/c9-7-2-1-3-8(6-7)12-5-4-10-11-12/h1,3-6H. The van der Waals surface area contributed by atoms with Crippen LogP contribution in [0.25, 0.3) is 5.69 Å². The highest BCUT2D eigenvalue weighted by atomic mass is 19.1. The maximum absolute atomic E-state index is 12.6. The molecule has 1 aromatic carbocycles. The van der Waals surface area contributed by atoms with Gasteiger partial charge in [0.25, 0.3) is 0 Å². The van der Waals surface area contributed by atoms with Crippen molar-refractivity contribution in [2.75, 3.05) is 0 Å². The van der Waals surface area contributed by atoms with Gasteiger partial charge in [-0.15, -0.1) is 5.10 Å². The lowest BCUT2D eigenvalue weighted by Crippen LogP contribution is -1.94. The van der Waals surface area contributed by atoms with Gasteiger partial charge in [0.1, 0.15) is 5.82 Å². The summed E-state index contributed by atoms with van der Waals surface area (Å²) in [7, 11) is 0. The Bertz CT molecular complexity index is 370. The van der Waals surface area contributed by atoms with Gasteiger partial charge in [-0.3, -0.25) is 0 Å². The monoisotopic (exact) mass is 162 g/mol. The van der Waals surface area contributed by atoms with Crippen molar-refractivity contribution in [3.63, 3.8) is 0 Å². The summed E-state index contributed by atoms with van der Waals surface area (Å²) < 4.78 is 14.1. The largest absolute Gasteiger partial charge is 0.221 e. The zero-order valence-electron chi connectivity index (χ0n) is 6.11. The van der Waals surface area contributed by atoms with E-state index in [1.165, 1.54) is 23.0 Å². The second kappa shape index (κ2) is 2.73. The maximum atomic E-state index is 12.6. The van der Waals surface area contributed by atoms with E-state index in [0.29, 0.717) is 5.69 Å². The van der Waals surface area contributed by atoms with E-state index in [1.807, 2.05) is 0 Å².